The molecule has 0 aromatic heterocycles. The van der Waals surface area contributed by atoms with Crippen LogP contribution in [-0.4, -0.2) is 25.9 Å². The molecule has 0 aliphatic carbocycles. The lowest BCUT2D eigenvalue weighted by Crippen LogP contribution is -2.20. The third-order valence-electron chi connectivity index (χ3n) is 2.92. The predicted octanol–water partition coefficient (Wildman–Crippen LogP) is 3.55. The maximum atomic E-state index is 5.72. The largest absolute Gasteiger partial charge is 0.491 e. The van der Waals surface area contributed by atoms with Gasteiger partial charge in [-0.05, 0) is 44.5 Å². The van der Waals surface area contributed by atoms with E-state index < -0.39 is 0 Å². The van der Waals surface area contributed by atoms with Gasteiger partial charge in [0, 0.05) is 6.04 Å². The third-order valence-corrected chi connectivity index (χ3v) is 2.92. The van der Waals surface area contributed by atoms with Gasteiger partial charge in [0.1, 0.15) is 12.4 Å². The first-order chi connectivity index (χ1) is 9.17. The summed E-state index contributed by atoms with van der Waals surface area (Å²) in [5.41, 5.74) is 1.28. The van der Waals surface area contributed by atoms with Crippen LogP contribution in [0.1, 0.15) is 45.7 Å². The van der Waals surface area contributed by atoms with E-state index in [2.05, 4.69) is 31.3 Å². The SMILES string of the molecule is CCNC(CC)c1cccc(OCCOC(C)C)c1. The van der Waals surface area contributed by atoms with Gasteiger partial charge in [0.2, 0.25) is 0 Å². The number of hydrogen-bond donors (Lipinski definition) is 1. The Labute approximate surface area is 117 Å². The Bertz CT molecular complexity index is 352. The van der Waals surface area contributed by atoms with Crippen molar-refractivity contribution >= 4 is 0 Å². The Kier molecular flexibility index (Phi) is 7.53. The Morgan fingerprint density at radius 3 is 2.58 bits per heavy atom. The van der Waals surface area contributed by atoms with Crippen LogP contribution in [0.4, 0.5) is 0 Å². The summed E-state index contributed by atoms with van der Waals surface area (Å²) < 4.78 is 11.2. The number of nitrogens with one attached hydrogen (secondary N) is 1. The van der Waals surface area contributed by atoms with E-state index in [-0.39, 0.29) is 6.10 Å². The topological polar surface area (TPSA) is 30.5 Å². The summed E-state index contributed by atoms with van der Waals surface area (Å²) in [5, 5.41) is 3.48. The first kappa shape index (κ1) is 16.0. The van der Waals surface area contributed by atoms with Crippen LogP contribution in [0.25, 0.3) is 0 Å². The molecule has 1 aromatic carbocycles. The Morgan fingerprint density at radius 1 is 1.16 bits per heavy atom. The number of rotatable bonds is 9. The van der Waals surface area contributed by atoms with Crippen molar-refractivity contribution in [1.82, 2.24) is 5.32 Å². The van der Waals surface area contributed by atoms with E-state index in [1.807, 2.05) is 26.0 Å². The molecule has 19 heavy (non-hydrogen) atoms. The summed E-state index contributed by atoms with van der Waals surface area (Å²) >= 11 is 0. The molecule has 0 saturated carbocycles. The van der Waals surface area contributed by atoms with Crippen LogP contribution in [0.15, 0.2) is 24.3 Å². The molecule has 0 saturated heterocycles. The first-order valence-electron chi connectivity index (χ1n) is 7.25. The average Bonchev–Trinajstić information content (AvgIpc) is 2.41. The fourth-order valence-corrected chi connectivity index (χ4v) is 2.01. The van der Waals surface area contributed by atoms with E-state index >= 15 is 0 Å². The average molecular weight is 265 g/mol. The molecule has 108 valence electrons. The summed E-state index contributed by atoms with van der Waals surface area (Å²) in [6.45, 7) is 10.6. The molecule has 0 radical (unpaired) electrons. The lowest BCUT2D eigenvalue weighted by atomic mass is 10.0. The molecule has 1 aromatic rings. The van der Waals surface area contributed by atoms with Crippen molar-refractivity contribution in [2.45, 2.75) is 46.3 Å². The van der Waals surface area contributed by atoms with Gasteiger partial charge in [-0.3, -0.25) is 0 Å². The van der Waals surface area contributed by atoms with E-state index in [0.29, 0.717) is 19.3 Å². The molecule has 0 aliphatic heterocycles. The van der Waals surface area contributed by atoms with Crippen LogP contribution in [0.3, 0.4) is 0 Å². The fourth-order valence-electron chi connectivity index (χ4n) is 2.01. The zero-order chi connectivity index (χ0) is 14.1. The standard InChI is InChI=1S/C16H27NO2/c1-5-16(17-6-2)14-8-7-9-15(12-14)19-11-10-18-13(3)4/h7-9,12-13,16-17H,5-6,10-11H2,1-4H3. The van der Waals surface area contributed by atoms with Gasteiger partial charge < -0.3 is 14.8 Å². The normalized spacial score (nSPS) is 12.7. The highest BCUT2D eigenvalue weighted by atomic mass is 16.5. The third kappa shape index (κ3) is 6.08. The molecule has 0 spiro atoms. The maximum absolute atomic E-state index is 5.72. The minimum atomic E-state index is 0.258. The van der Waals surface area contributed by atoms with Crippen LogP contribution in [0.5, 0.6) is 5.75 Å². The zero-order valence-corrected chi connectivity index (χ0v) is 12.6. The Hall–Kier alpha value is -1.06. The summed E-state index contributed by atoms with van der Waals surface area (Å²) in [5.74, 6) is 0.918. The molecule has 0 aliphatic rings. The second-order valence-electron chi connectivity index (χ2n) is 4.86. The summed E-state index contributed by atoms with van der Waals surface area (Å²) in [6.07, 6.45) is 1.33. The molecule has 1 rings (SSSR count). The summed E-state index contributed by atoms with van der Waals surface area (Å²) in [7, 11) is 0. The van der Waals surface area contributed by atoms with Crippen LogP contribution in [0.2, 0.25) is 0 Å². The minimum Gasteiger partial charge on any atom is -0.491 e. The highest BCUT2D eigenvalue weighted by Crippen LogP contribution is 2.21. The molecular weight excluding hydrogens is 238 g/mol. The van der Waals surface area contributed by atoms with Crippen LogP contribution in [-0.2, 0) is 4.74 Å². The van der Waals surface area contributed by atoms with E-state index in [0.717, 1.165) is 18.7 Å². The molecule has 0 heterocycles. The predicted molar refractivity (Wildman–Crippen MR) is 79.7 cm³/mol. The van der Waals surface area contributed by atoms with Gasteiger partial charge in [0.05, 0.1) is 12.7 Å². The molecule has 0 bridgehead atoms. The lowest BCUT2D eigenvalue weighted by molar-refractivity contribution is 0.0552. The molecule has 1 unspecified atom stereocenters. The van der Waals surface area contributed by atoms with Gasteiger partial charge in [-0.2, -0.15) is 0 Å². The Morgan fingerprint density at radius 2 is 1.95 bits per heavy atom. The molecule has 1 atom stereocenters. The van der Waals surface area contributed by atoms with Crippen molar-refractivity contribution in [3.63, 3.8) is 0 Å². The van der Waals surface area contributed by atoms with Gasteiger partial charge in [-0.1, -0.05) is 26.0 Å². The maximum Gasteiger partial charge on any atom is 0.119 e. The summed E-state index contributed by atoms with van der Waals surface area (Å²) in [6, 6.07) is 8.71. The van der Waals surface area contributed by atoms with Gasteiger partial charge >= 0.3 is 0 Å². The number of hydrogen-bond acceptors (Lipinski definition) is 3. The monoisotopic (exact) mass is 265 g/mol. The second kappa shape index (κ2) is 8.94. The smallest absolute Gasteiger partial charge is 0.119 e. The van der Waals surface area contributed by atoms with E-state index in [1.165, 1.54) is 5.56 Å². The molecule has 0 amide bonds. The van der Waals surface area contributed by atoms with Crippen LogP contribution in [0, 0.1) is 0 Å². The highest BCUT2D eigenvalue weighted by Gasteiger charge is 2.08. The van der Waals surface area contributed by atoms with Crippen molar-refractivity contribution in [3.8, 4) is 5.75 Å². The van der Waals surface area contributed by atoms with Gasteiger partial charge in [0.15, 0.2) is 0 Å². The van der Waals surface area contributed by atoms with Crippen molar-refractivity contribution < 1.29 is 9.47 Å². The number of ether oxygens (including phenoxy) is 2. The van der Waals surface area contributed by atoms with Crippen molar-refractivity contribution in [2.24, 2.45) is 0 Å². The minimum absolute atomic E-state index is 0.258. The van der Waals surface area contributed by atoms with E-state index in [4.69, 9.17) is 9.47 Å². The van der Waals surface area contributed by atoms with Crippen LogP contribution < -0.4 is 10.1 Å². The van der Waals surface area contributed by atoms with E-state index in [1.54, 1.807) is 0 Å². The molecule has 3 nitrogen and oxygen atoms in total. The number of benzene rings is 1. The zero-order valence-electron chi connectivity index (χ0n) is 12.6. The van der Waals surface area contributed by atoms with Crippen molar-refractivity contribution in [2.75, 3.05) is 19.8 Å². The quantitative estimate of drug-likeness (QED) is 0.693. The molecule has 0 fully saturated rings. The van der Waals surface area contributed by atoms with Crippen LogP contribution >= 0.6 is 0 Å². The van der Waals surface area contributed by atoms with Gasteiger partial charge in [-0.15, -0.1) is 0 Å². The first-order valence-corrected chi connectivity index (χ1v) is 7.25. The fraction of sp³-hybridized carbons (Fsp3) is 0.625. The van der Waals surface area contributed by atoms with E-state index in [9.17, 15) is 0 Å². The highest BCUT2D eigenvalue weighted by molar-refractivity contribution is 5.30. The molecule has 3 heteroatoms. The molecular formula is C16H27NO2. The molecule has 1 N–H and O–H groups in total. The van der Waals surface area contributed by atoms with Crippen molar-refractivity contribution in [1.29, 1.82) is 0 Å². The lowest BCUT2D eigenvalue weighted by Gasteiger charge is -2.17. The van der Waals surface area contributed by atoms with Crippen molar-refractivity contribution in [3.05, 3.63) is 29.8 Å². The second-order valence-corrected chi connectivity index (χ2v) is 4.86. The Balaban J connectivity index is 2.51. The van der Waals surface area contributed by atoms with Gasteiger partial charge in [-0.25, -0.2) is 0 Å². The summed E-state index contributed by atoms with van der Waals surface area (Å²) in [4.78, 5) is 0. The van der Waals surface area contributed by atoms with Gasteiger partial charge in [0.25, 0.3) is 0 Å².